The summed E-state index contributed by atoms with van der Waals surface area (Å²) in [6.45, 7) is 3.00. The van der Waals surface area contributed by atoms with Gasteiger partial charge in [-0.3, -0.25) is 4.79 Å². The number of hydrogen-bond acceptors (Lipinski definition) is 2. The summed E-state index contributed by atoms with van der Waals surface area (Å²) in [7, 11) is 4.15. The number of carbonyl (C=O) groups excluding carboxylic acids is 1. The smallest absolute Gasteiger partial charge is 0.270 e. The number of amides is 1. The van der Waals surface area contributed by atoms with Crippen molar-refractivity contribution in [1.29, 1.82) is 0 Å². The van der Waals surface area contributed by atoms with E-state index in [1.807, 2.05) is 28.8 Å². The van der Waals surface area contributed by atoms with E-state index in [9.17, 15) is 4.79 Å². The predicted octanol–water partition coefficient (Wildman–Crippen LogP) is 2.34. The minimum Gasteiger partial charge on any atom is -0.345 e. The van der Waals surface area contributed by atoms with E-state index in [4.69, 9.17) is 0 Å². The lowest BCUT2D eigenvalue weighted by atomic mass is 9.84. The molecule has 5 heteroatoms. The average Bonchev–Trinajstić information content (AvgIpc) is 2.77. The zero-order chi connectivity index (χ0) is 14.3. The molecule has 0 radical (unpaired) electrons. The maximum atomic E-state index is 12.7. The summed E-state index contributed by atoms with van der Waals surface area (Å²) in [6, 6.07) is 2.59. The summed E-state index contributed by atoms with van der Waals surface area (Å²) in [5.74, 6) is 0.819. The number of halogens is 1. The molecule has 0 saturated carbocycles. The molecule has 20 heavy (non-hydrogen) atoms. The maximum Gasteiger partial charge on any atom is 0.270 e. The Morgan fingerprint density at radius 2 is 2.10 bits per heavy atom. The Morgan fingerprint density at radius 3 is 2.80 bits per heavy atom. The SMILES string of the molecule is CN1CCCC2CN(C(=O)c3cc(Br)cn3C)CCC21. The van der Waals surface area contributed by atoms with Crippen LogP contribution in [-0.4, -0.2) is 53.0 Å². The number of likely N-dealkylation sites (tertiary alicyclic amines) is 2. The van der Waals surface area contributed by atoms with Crippen molar-refractivity contribution in [3.8, 4) is 0 Å². The van der Waals surface area contributed by atoms with Crippen LogP contribution in [0.15, 0.2) is 16.7 Å². The molecule has 1 amide bonds. The molecule has 1 aromatic rings. The molecule has 110 valence electrons. The standard InChI is InChI=1S/C15H22BrN3O/c1-17-6-3-4-11-9-19(7-5-13(11)17)15(20)14-8-12(16)10-18(14)2/h8,10-11,13H,3-7,9H2,1-2H3. The minimum atomic E-state index is 0.171. The van der Waals surface area contributed by atoms with E-state index in [-0.39, 0.29) is 5.91 Å². The Morgan fingerprint density at radius 1 is 1.30 bits per heavy atom. The molecule has 2 unspecified atom stereocenters. The van der Waals surface area contributed by atoms with Crippen molar-refractivity contribution in [1.82, 2.24) is 14.4 Å². The van der Waals surface area contributed by atoms with Gasteiger partial charge in [-0.1, -0.05) is 0 Å². The molecule has 2 saturated heterocycles. The van der Waals surface area contributed by atoms with Crippen LogP contribution in [0.5, 0.6) is 0 Å². The van der Waals surface area contributed by atoms with Crippen LogP contribution in [-0.2, 0) is 7.05 Å². The summed E-state index contributed by atoms with van der Waals surface area (Å²) in [4.78, 5) is 17.2. The molecule has 1 aromatic heterocycles. The van der Waals surface area contributed by atoms with Gasteiger partial charge < -0.3 is 14.4 Å². The summed E-state index contributed by atoms with van der Waals surface area (Å²) < 4.78 is 2.88. The fourth-order valence-electron chi connectivity index (χ4n) is 3.74. The second-order valence-electron chi connectivity index (χ2n) is 6.14. The van der Waals surface area contributed by atoms with Gasteiger partial charge in [0.1, 0.15) is 5.69 Å². The molecule has 0 spiro atoms. The van der Waals surface area contributed by atoms with Crippen LogP contribution in [0.1, 0.15) is 29.8 Å². The van der Waals surface area contributed by atoms with Crippen LogP contribution in [0.25, 0.3) is 0 Å². The van der Waals surface area contributed by atoms with E-state index in [1.165, 1.54) is 19.4 Å². The highest BCUT2D eigenvalue weighted by Crippen LogP contribution is 2.30. The number of fused-ring (bicyclic) bond motifs is 1. The van der Waals surface area contributed by atoms with Crippen LogP contribution in [0.3, 0.4) is 0 Å². The number of piperidine rings is 2. The third kappa shape index (κ3) is 2.53. The summed E-state index contributed by atoms with van der Waals surface area (Å²) >= 11 is 3.44. The number of rotatable bonds is 1. The van der Waals surface area contributed by atoms with E-state index in [0.29, 0.717) is 12.0 Å². The number of aryl methyl sites for hydroxylation is 1. The van der Waals surface area contributed by atoms with E-state index in [0.717, 1.165) is 29.7 Å². The number of hydrogen-bond donors (Lipinski definition) is 0. The Balaban J connectivity index is 1.73. The lowest BCUT2D eigenvalue weighted by Gasteiger charge is -2.45. The van der Waals surface area contributed by atoms with Crippen molar-refractivity contribution in [3.05, 3.63) is 22.4 Å². The van der Waals surface area contributed by atoms with Crippen LogP contribution in [0.2, 0.25) is 0 Å². The molecule has 2 atom stereocenters. The molecule has 0 aromatic carbocycles. The van der Waals surface area contributed by atoms with E-state index >= 15 is 0 Å². The zero-order valence-corrected chi connectivity index (χ0v) is 13.8. The third-order valence-electron chi connectivity index (χ3n) is 4.82. The molecule has 0 bridgehead atoms. The molecular formula is C15H22BrN3O. The first kappa shape index (κ1) is 14.1. The molecule has 3 rings (SSSR count). The minimum absolute atomic E-state index is 0.171. The van der Waals surface area contributed by atoms with E-state index in [1.54, 1.807) is 0 Å². The van der Waals surface area contributed by atoms with Crippen molar-refractivity contribution >= 4 is 21.8 Å². The predicted molar refractivity (Wildman–Crippen MR) is 82.8 cm³/mol. The van der Waals surface area contributed by atoms with Gasteiger partial charge in [-0.25, -0.2) is 0 Å². The summed E-state index contributed by atoms with van der Waals surface area (Å²) in [5, 5.41) is 0. The van der Waals surface area contributed by atoms with Crippen molar-refractivity contribution in [2.24, 2.45) is 13.0 Å². The molecule has 0 N–H and O–H groups in total. The second-order valence-corrected chi connectivity index (χ2v) is 7.06. The number of carbonyl (C=O) groups is 1. The Hall–Kier alpha value is -0.810. The van der Waals surface area contributed by atoms with Gasteiger partial charge in [0.2, 0.25) is 0 Å². The lowest BCUT2D eigenvalue weighted by Crippen LogP contribution is -2.54. The first-order valence-corrected chi connectivity index (χ1v) is 8.17. The Kier molecular flexibility index (Phi) is 3.91. The highest BCUT2D eigenvalue weighted by atomic mass is 79.9. The van der Waals surface area contributed by atoms with Crippen LogP contribution in [0.4, 0.5) is 0 Å². The van der Waals surface area contributed by atoms with Gasteiger partial charge in [0.25, 0.3) is 5.91 Å². The number of nitrogens with zero attached hydrogens (tertiary/aromatic N) is 3. The van der Waals surface area contributed by atoms with E-state index < -0.39 is 0 Å². The average molecular weight is 340 g/mol. The molecular weight excluding hydrogens is 318 g/mol. The molecule has 3 heterocycles. The van der Waals surface area contributed by atoms with Crippen molar-refractivity contribution in [3.63, 3.8) is 0 Å². The van der Waals surface area contributed by atoms with Crippen molar-refractivity contribution in [2.45, 2.75) is 25.3 Å². The summed E-state index contributed by atoms with van der Waals surface area (Å²) in [5.41, 5.74) is 0.777. The van der Waals surface area contributed by atoms with Crippen molar-refractivity contribution in [2.75, 3.05) is 26.7 Å². The maximum absolute atomic E-state index is 12.7. The topological polar surface area (TPSA) is 28.5 Å². The number of aromatic nitrogens is 1. The molecule has 0 aliphatic carbocycles. The normalized spacial score (nSPS) is 27.4. The highest BCUT2D eigenvalue weighted by molar-refractivity contribution is 9.10. The van der Waals surface area contributed by atoms with E-state index in [2.05, 4.69) is 27.9 Å². The van der Waals surface area contributed by atoms with Crippen LogP contribution in [0, 0.1) is 5.92 Å². The van der Waals surface area contributed by atoms with Gasteiger partial charge in [-0.05, 0) is 60.8 Å². The molecule has 2 fully saturated rings. The fourth-order valence-corrected chi connectivity index (χ4v) is 4.26. The highest BCUT2D eigenvalue weighted by Gasteiger charge is 2.36. The van der Waals surface area contributed by atoms with Gasteiger partial charge in [0.15, 0.2) is 0 Å². The van der Waals surface area contributed by atoms with Gasteiger partial charge in [-0.15, -0.1) is 0 Å². The third-order valence-corrected chi connectivity index (χ3v) is 5.26. The first-order valence-electron chi connectivity index (χ1n) is 7.37. The fraction of sp³-hybridized carbons (Fsp3) is 0.667. The zero-order valence-electron chi connectivity index (χ0n) is 12.2. The first-order chi connectivity index (χ1) is 9.56. The molecule has 4 nitrogen and oxygen atoms in total. The Labute approximate surface area is 128 Å². The molecule has 2 aliphatic heterocycles. The van der Waals surface area contributed by atoms with Gasteiger partial charge in [-0.2, -0.15) is 0 Å². The quantitative estimate of drug-likeness (QED) is 0.785. The summed E-state index contributed by atoms with van der Waals surface area (Å²) in [6.07, 6.45) is 5.57. The van der Waals surface area contributed by atoms with Crippen LogP contribution < -0.4 is 0 Å². The van der Waals surface area contributed by atoms with Gasteiger partial charge in [0, 0.05) is 36.8 Å². The lowest BCUT2D eigenvalue weighted by molar-refractivity contribution is 0.0311. The van der Waals surface area contributed by atoms with Gasteiger partial charge in [0.05, 0.1) is 0 Å². The monoisotopic (exact) mass is 339 g/mol. The Bertz CT molecular complexity index is 513. The van der Waals surface area contributed by atoms with Crippen LogP contribution >= 0.6 is 15.9 Å². The largest absolute Gasteiger partial charge is 0.345 e. The van der Waals surface area contributed by atoms with Gasteiger partial charge >= 0.3 is 0 Å². The molecule has 2 aliphatic rings. The second kappa shape index (κ2) is 5.53. The van der Waals surface area contributed by atoms with Crippen molar-refractivity contribution < 1.29 is 4.79 Å².